The molecule has 0 aliphatic carbocycles. The molecule has 0 bridgehead atoms. The third kappa shape index (κ3) is 6.12. The van der Waals surface area contributed by atoms with Crippen LogP contribution in [0.5, 0.6) is 0 Å². The summed E-state index contributed by atoms with van der Waals surface area (Å²) in [4.78, 5) is 42.8. The molecule has 5 rings (SSSR count). The Morgan fingerprint density at radius 2 is 1.95 bits per heavy atom. The smallest absolute Gasteiger partial charge is 0.306 e. The number of benzene rings is 1. The third-order valence-corrected chi connectivity index (χ3v) is 8.69. The Bertz CT molecular complexity index is 1360. The van der Waals surface area contributed by atoms with E-state index >= 15 is 0 Å². The van der Waals surface area contributed by atoms with Crippen LogP contribution in [-0.4, -0.2) is 62.5 Å². The van der Waals surface area contributed by atoms with Gasteiger partial charge in [-0.25, -0.2) is 23.7 Å². The van der Waals surface area contributed by atoms with Crippen LogP contribution >= 0.6 is 11.3 Å². The van der Waals surface area contributed by atoms with Crippen molar-refractivity contribution in [3.8, 4) is 11.3 Å². The minimum absolute atomic E-state index is 0.0304. The number of carbonyl (C=O) groups is 2. The number of carboxylic acids is 1. The number of rotatable bonds is 9. The SMILES string of the molecule is CC[C@@H]1CCCN1Cc1sc(NC(=O)c2cnc(N3CCC(C(=O)O)CC3)cn2)nc1-c1ccc(F)c(CF)c1. The van der Waals surface area contributed by atoms with Crippen molar-refractivity contribution in [2.45, 2.75) is 58.3 Å². The van der Waals surface area contributed by atoms with Gasteiger partial charge in [-0.15, -0.1) is 0 Å². The fraction of sp³-hybridized carbons (Fsp3) is 0.464. The van der Waals surface area contributed by atoms with E-state index in [9.17, 15) is 23.5 Å². The fourth-order valence-electron chi connectivity index (χ4n) is 5.43. The Labute approximate surface area is 235 Å². The zero-order valence-corrected chi connectivity index (χ0v) is 23.1. The van der Waals surface area contributed by atoms with Crippen molar-refractivity contribution in [1.82, 2.24) is 19.9 Å². The van der Waals surface area contributed by atoms with E-state index in [4.69, 9.17) is 0 Å². The summed E-state index contributed by atoms with van der Waals surface area (Å²) in [5.41, 5.74) is 1.29. The highest BCUT2D eigenvalue weighted by molar-refractivity contribution is 7.16. The number of piperidine rings is 1. The summed E-state index contributed by atoms with van der Waals surface area (Å²) < 4.78 is 27.4. The quantitative estimate of drug-likeness (QED) is 0.364. The molecule has 1 amide bonds. The molecule has 0 radical (unpaired) electrons. The fourth-order valence-corrected chi connectivity index (χ4v) is 6.44. The summed E-state index contributed by atoms with van der Waals surface area (Å²) in [6, 6.07) is 4.77. The minimum atomic E-state index is -0.918. The van der Waals surface area contributed by atoms with Crippen LogP contribution in [0, 0.1) is 11.7 Å². The van der Waals surface area contributed by atoms with Gasteiger partial charge in [-0.3, -0.25) is 19.8 Å². The van der Waals surface area contributed by atoms with Gasteiger partial charge in [0.2, 0.25) is 0 Å². The highest BCUT2D eigenvalue weighted by Gasteiger charge is 2.27. The lowest BCUT2D eigenvalue weighted by atomic mass is 9.97. The molecule has 0 spiro atoms. The van der Waals surface area contributed by atoms with Crippen LogP contribution < -0.4 is 10.2 Å². The van der Waals surface area contributed by atoms with Crippen molar-refractivity contribution in [2.24, 2.45) is 5.92 Å². The van der Waals surface area contributed by atoms with Crippen LogP contribution in [-0.2, 0) is 18.0 Å². The summed E-state index contributed by atoms with van der Waals surface area (Å²) in [6.07, 6.45) is 7.26. The molecule has 40 heavy (non-hydrogen) atoms. The predicted molar refractivity (Wildman–Crippen MR) is 149 cm³/mol. The molecule has 2 aliphatic heterocycles. The summed E-state index contributed by atoms with van der Waals surface area (Å²) in [5, 5.41) is 12.4. The van der Waals surface area contributed by atoms with Crippen molar-refractivity contribution < 1.29 is 23.5 Å². The number of thiazole rings is 1. The van der Waals surface area contributed by atoms with E-state index in [1.165, 1.54) is 35.9 Å². The van der Waals surface area contributed by atoms with E-state index in [0.717, 1.165) is 30.7 Å². The maximum absolute atomic E-state index is 14.0. The largest absolute Gasteiger partial charge is 0.481 e. The number of aliphatic carboxylic acids is 1. The number of anilines is 2. The van der Waals surface area contributed by atoms with E-state index in [1.807, 2.05) is 4.90 Å². The van der Waals surface area contributed by atoms with Crippen molar-refractivity contribution in [2.75, 3.05) is 29.9 Å². The summed E-state index contributed by atoms with van der Waals surface area (Å²) in [5.74, 6) is -1.60. The number of nitrogens with zero attached hydrogens (tertiary/aromatic N) is 5. The topological polar surface area (TPSA) is 112 Å². The van der Waals surface area contributed by atoms with Crippen molar-refractivity contribution in [3.63, 3.8) is 0 Å². The first kappa shape index (κ1) is 28.0. The van der Waals surface area contributed by atoms with Crippen LogP contribution in [0.1, 0.15) is 60.0 Å². The molecule has 2 aliphatic rings. The highest BCUT2D eigenvalue weighted by Crippen LogP contribution is 2.35. The Kier molecular flexibility index (Phi) is 8.65. The van der Waals surface area contributed by atoms with Crippen LogP contribution in [0.2, 0.25) is 0 Å². The predicted octanol–water partition coefficient (Wildman–Crippen LogP) is 5.14. The molecule has 1 aromatic carbocycles. The third-order valence-electron chi connectivity index (χ3n) is 7.74. The zero-order valence-electron chi connectivity index (χ0n) is 22.3. The molecule has 212 valence electrons. The van der Waals surface area contributed by atoms with Crippen LogP contribution in [0.15, 0.2) is 30.6 Å². The Balaban J connectivity index is 1.33. The molecule has 2 fully saturated rings. The average Bonchev–Trinajstić information content (AvgIpc) is 3.60. The Morgan fingerprint density at radius 1 is 1.15 bits per heavy atom. The van der Waals surface area contributed by atoms with E-state index in [1.54, 1.807) is 6.07 Å². The van der Waals surface area contributed by atoms with Gasteiger partial charge < -0.3 is 10.0 Å². The number of alkyl halides is 1. The number of likely N-dealkylation sites (tertiary alicyclic amines) is 1. The van der Waals surface area contributed by atoms with Gasteiger partial charge >= 0.3 is 5.97 Å². The summed E-state index contributed by atoms with van der Waals surface area (Å²) in [7, 11) is 0. The van der Waals surface area contributed by atoms with Gasteiger partial charge in [-0.05, 0) is 56.8 Å². The van der Waals surface area contributed by atoms with Crippen molar-refractivity contribution >= 4 is 34.2 Å². The molecule has 3 aromatic rings. The second kappa shape index (κ2) is 12.3. The van der Waals surface area contributed by atoms with Crippen molar-refractivity contribution in [3.05, 3.63) is 52.5 Å². The average molecular weight is 571 g/mol. The first-order valence-corrected chi connectivity index (χ1v) is 14.4. The van der Waals surface area contributed by atoms with Crippen LogP contribution in [0.3, 0.4) is 0 Å². The molecule has 9 nitrogen and oxygen atoms in total. The number of hydrogen-bond acceptors (Lipinski definition) is 8. The Morgan fingerprint density at radius 3 is 2.62 bits per heavy atom. The second-order valence-electron chi connectivity index (χ2n) is 10.2. The van der Waals surface area contributed by atoms with Gasteiger partial charge in [0.15, 0.2) is 5.13 Å². The minimum Gasteiger partial charge on any atom is -0.481 e. The van der Waals surface area contributed by atoms with Gasteiger partial charge in [-0.1, -0.05) is 18.3 Å². The first-order chi connectivity index (χ1) is 19.4. The number of amides is 1. The molecular weight excluding hydrogens is 538 g/mol. The molecule has 2 N–H and O–H groups in total. The molecule has 12 heteroatoms. The number of carboxylic acid groups (broad SMARTS) is 1. The first-order valence-electron chi connectivity index (χ1n) is 13.6. The number of aromatic nitrogens is 3. The van der Waals surface area contributed by atoms with E-state index in [-0.39, 0.29) is 17.2 Å². The summed E-state index contributed by atoms with van der Waals surface area (Å²) >= 11 is 1.35. The maximum atomic E-state index is 14.0. The van der Waals surface area contributed by atoms with Gasteiger partial charge in [0.05, 0.1) is 24.0 Å². The molecule has 2 saturated heterocycles. The molecule has 0 unspecified atom stereocenters. The molecule has 2 aromatic heterocycles. The lowest BCUT2D eigenvalue weighted by Gasteiger charge is -2.30. The van der Waals surface area contributed by atoms with Gasteiger partial charge in [0, 0.05) is 41.7 Å². The van der Waals surface area contributed by atoms with E-state index in [0.29, 0.717) is 60.7 Å². The summed E-state index contributed by atoms with van der Waals surface area (Å²) in [6.45, 7) is 3.97. The molecular formula is C28H32F2N6O3S. The monoisotopic (exact) mass is 570 g/mol. The second-order valence-corrected chi connectivity index (χ2v) is 11.3. The van der Waals surface area contributed by atoms with Gasteiger partial charge in [-0.2, -0.15) is 0 Å². The normalized spacial score (nSPS) is 18.3. The standard InChI is InChI=1S/C28H32F2N6O3S/c1-2-20-4-3-9-36(20)16-23-25(18-5-6-21(30)19(12-18)13-29)33-28(40-23)34-26(37)22-14-32-24(15-31-22)35-10-7-17(8-11-35)27(38)39/h5-6,12,14-15,17,20H,2-4,7-11,13,16H2,1H3,(H,38,39)(H,33,34,37)/t20-/m1/s1. The molecule has 0 saturated carbocycles. The van der Waals surface area contributed by atoms with Gasteiger partial charge in [0.1, 0.15) is 24.0 Å². The Hall–Kier alpha value is -3.51. The van der Waals surface area contributed by atoms with Crippen LogP contribution in [0.25, 0.3) is 11.3 Å². The number of halogens is 2. The van der Waals surface area contributed by atoms with Gasteiger partial charge in [0.25, 0.3) is 5.91 Å². The lowest BCUT2D eigenvalue weighted by Crippen LogP contribution is -2.36. The maximum Gasteiger partial charge on any atom is 0.306 e. The zero-order chi connectivity index (χ0) is 28.2. The van der Waals surface area contributed by atoms with E-state index < -0.39 is 24.4 Å². The number of hydrogen-bond donors (Lipinski definition) is 2. The number of carbonyl (C=O) groups excluding carboxylic acids is 1. The van der Waals surface area contributed by atoms with Crippen LogP contribution in [0.4, 0.5) is 19.7 Å². The van der Waals surface area contributed by atoms with Crippen molar-refractivity contribution in [1.29, 1.82) is 0 Å². The highest BCUT2D eigenvalue weighted by atomic mass is 32.1. The number of nitrogens with one attached hydrogen (secondary N) is 1. The molecule has 4 heterocycles. The molecule has 1 atom stereocenters. The van der Waals surface area contributed by atoms with E-state index in [2.05, 4.69) is 32.1 Å². The lowest BCUT2D eigenvalue weighted by molar-refractivity contribution is -0.142.